The Bertz CT molecular complexity index is 1580. The second-order valence-corrected chi connectivity index (χ2v) is 11.0. The van der Waals surface area contributed by atoms with Crippen molar-refractivity contribution in [1.29, 1.82) is 0 Å². The monoisotopic (exact) mass is 510 g/mol. The molecular formula is C31H34N4O3. The van der Waals surface area contributed by atoms with Crippen LogP contribution in [0.1, 0.15) is 79.3 Å². The average molecular weight is 511 g/mol. The third-order valence-corrected chi connectivity index (χ3v) is 6.90. The number of anilines is 2. The highest BCUT2D eigenvalue weighted by molar-refractivity contribution is 5.96. The molecule has 7 nitrogen and oxygen atoms in total. The molecule has 2 atom stereocenters. The van der Waals surface area contributed by atoms with E-state index < -0.39 is 5.60 Å². The van der Waals surface area contributed by atoms with Crippen LogP contribution in [-0.4, -0.2) is 21.0 Å². The number of nitrogens with zero attached hydrogens (tertiary/aromatic N) is 3. The number of aromatic nitrogens is 2. The Morgan fingerprint density at radius 3 is 2.55 bits per heavy atom. The van der Waals surface area contributed by atoms with Crippen molar-refractivity contribution in [2.75, 3.05) is 10.2 Å². The van der Waals surface area contributed by atoms with Crippen molar-refractivity contribution >= 4 is 23.1 Å². The van der Waals surface area contributed by atoms with Gasteiger partial charge in [0.15, 0.2) is 0 Å². The molecule has 4 aromatic rings. The molecule has 0 fully saturated rings. The molecule has 3 heterocycles. The minimum absolute atomic E-state index is 0.116. The van der Waals surface area contributed by atoms with E-state index in [0.717, 1.165) is 11.1 Å². The maximum Gasteiger partial charge on any atom is 0.340 e. The largest absolute Gasteiger partial charge is 0.456 e. The second-order valence-electron chi connectivity index (χ2n) is 11.0. The lowest BCUT2D eigenvalue weighted by atomic mass is 10.1. The highest BCUT2D eigenvalue weighted by Gasteiger charge is 2.28. The van der Waals surface area contributed by atoms with E-state index in [0.29, 0.717) is 29.3 Å². The number of para-hydroxylation sites is 1. The Balaban J connectivity index is 1.53. The number of ether oxygens (including phenoxy) is 1. The zero-order valence-corrected chi connectivity index (χ0v) is 22.8. The summed E-state index contributed by atoms with van der Waals surface area (Å²) in [5.74, 6) is 0.270. The third-order valence-electron chi connectivity index (χ3n) is 6.90. The summed E-state index contributed by atoms with van der Waals surface area (Å²) in [6, 6.07) is 19.2. The Morgan fingerprint density at radius 1 is 1.11 bits per heavy atom. The average Bonchev–Trinajstić information content (AvgIpc) is 3.19. The number of nitrogens with one attached hydrogen (secondary N) is 1. The van der Waals surface area contributed by atoms with Crippen LogP contribution in [-0.2, 0) is 11.3 Å². The summed E-state index contributed by atoms with van der Waals surface area (Å²) in [6.07, 6.45) is 1.82. The molecule has 0 aliphatic carbocycles. The number of carbonyl (C=O) groups is 1. The minimum atomic E-state index is -0.601. The maximum absolute atomic E-state index is 13.3. The van der Waals surface area contributed by atoms with E-state index in [2.05, 4.69) is 29.3 Å². The zero-order valence-electron chi connectivity index (χ0n) is 22.8. The molecular weight excluding hydrogens is 476 g/mol. The predicted molar refractivity (Wildman–Crippen MR) is 151 cm³/mol. The van der Waals surface area contributed by atoms with Gasteiger partial charge in [-0.2, -0.15) is 0 Å². The molecule has 1 aliphatic heterocycles. The number of fused-ring (bicyclic) bond motifs is 2. The van der Waals surface area contributed by atoms with Crippen molar-refractivity contribution < 1.29 is 9.53 Å². The summed E-state index contributed by atoms with van der Waals surface area (Å²) in [5, 5.41) is 3.47. The van der Waals surface area contributed by atoms with E-state index in [9.17, 15) is 9.59 Å². The molecule has 0 bridgehead atoms. The molecule has 5 rings (SSSR count). The number of carbonyl (C=O) groups excluding carboxylic acids is 1. The van der Waals surface area contributed by atoms with Crippen LogP contribution >= 0.6 is 0 Å². The SMILES string of the molecule is Cc1cc([C@H](C)Nc2ccccc2C(=O)OC(C)(C)C)c2nc(N3Cc4ccccc4[C@@H]3C)cc(=O)n2c1. The van der Waals surface area contributed by atoms with Gasteiger partial charge in [0, 0.05) is 30.1 Å². The Hall–Kier alpha value is -4.13. The van der Waals surface area contributed by atoms with Crippen LogP contribution in [0.5, 0.6) is 0 Å². The second kappa shape index (κ2) is 9.63. The molecule has 7 heteroatoms. The van der Waals surface area contributed by atoms with E-state index in [4.69, 9.17) is 9.72 Å². The molecule has 1 N–H and O–H groups in total. The van der Waals surface area contributed by atoms with Crippen LogP contribution in [0.2, 0.25) is 0 Å². The summed E-state index contributed by atoms with van der Waals surface area (Å²) in [4.78, 5) is 33.4. The molecule has 0 unspecified atom stereocenters. The van der Waals surface area contributed by atoms with Crippen LogP contribution in [0.4, 0.5) is 11.5 Å². The third kappa shape index (κ3) is 4.88. The first-order valence-corrected chi connectivity index (χ1v) is 13.0. The molecule has 0 spiro atoms. The van der Waals surface area contributed by atoms with Crippen molar-refractivity contribution in [3.05, 3.63) is 105 Å². The number of hydrogen-bond donors (Lipinski definition) is 1. The van der Waals surface area contributed by atoms with Gasteiger partial charge < -0.3 is 15.0 Å². The van der Waals surface area contributed by atoms with E-state index >= 15 is 0 Å². The van der Waals surface area contributed by atoms with Gasteiger partial charge in [-0.15, -0.1) is 0 Å². The number of aryl methyl sites for hydroxylation is 1. The van der Waals surface area contributed by atoms with E-state index in [1.807, 2.05) is 77.2 Å². The standard InChI is InChI=1S/C31H34N4O3/c1-19-15-25(20(2)32-26-14-10-9-13-24(26)30(37)38-31(4,5)6)29-33-27(16-28(36)35(29)17-19)34-18-22-11-7-8-12-23(22)21(34)3/h7-17,20-21,32H,18H2,1-6H3/t20-,21-/m0/s1. The van der Waals surface area contributed by atoms with Gasteiger partial charge in [0.25, 0.3) is 5.56 Å². The van der Waals surface area contributed by atoms with Crippen molar-refractivity contribution in [3.63, 3.8) is 0 Å². The lowest BCUT2D eigenvalue weighted by Crippen LogP contribution is -2.26. The van der Waals surface area contributed by atoms with Gasteiger partial charge in [0.2, 0.25) is 0 Å². The highest BCUT2D eigenvalue weighted by Crippen LogP contribution is 2.36. The maximum atomic E-state index is 13.3. The van der Waals surface area contributed by atoms with Gasteiger partial charge in [-0.3, -0.25) is 9.20 Å². The Labute approximate surface area is 223 Å². The van der Waals surface area contributed by atoms with Crippen LogP contribution in [0, 0.1) is 6.92 Å². The van der Waals surface area contributed by atoms with Gasteiger partial charge in [0.1, 0.15) is 17.1 Å². The van der Waals surface area contributed by atoms with Crippen molar-refractivity contribution in [2.45, 2.75) is 65.8 Å². The van der Waals surface area contributed by atoms with Crippen LogP contribution in [0.3, 0.4) is 0 Å². The summed E-state index contributed by atoms with van der Waals surface area (Å²) in [5.41, 5.74) is 5.31. The van der Waals surface area contributed by atoms with Gasteiger partial charge in [-0.1, -0.05) is 36.4 Å². The quantitative estimate of drug-likeness (QED) is 0.322. The first-order chi connectivity index (χ1) is 18.0. The van der Waals surface area contributed by atoms with Gasteiger partial charge in [-0.25, -0.2) is 9.78 Å². The number of benzene rings is 2. The van der Waals surface area contributed by atoms with Crippen molar-refractivity contribution in [3.8, 4) is 0 Å². The minimum Gasteiger partial charge on any atom is -0.456 e. The molecule has 0 amide bonds. The van der Waals surface area contributed by atoms with Crippen LogP contribution in [0.15, 0.2) is 71.7 Å². The Morgan fingerprint density at radius 2 is 1.82 bits per heavy atom. The fourth-order valence-corrected chi connectivity index (χ4v) is 5.11. The van der Waals surface area contributed by atoms with Crippen molar-refractivity contribution in [1.82, 2.24) is 9.38 Å². The fraction of sp³-hybridized carbons (Fsp3) is 0.323. The van der Waals surface area contributed by atoms with E-state index in [-0.39, 0.29) is 23.6 Å². The summed E-state index contributed by atoms with van der Waals surface area (Å²) in [6.45, 7) is 12.4. The first-order valence-electron chi connectivity index (χ1n) is 13.0. The predicted octanol–water partition coefficient (Wildman–Crippen LogP) is 6.21. The number of esters is 1. The molecule has 0 saturated carbocycles. The lowest BCUT2D eigenvalue weighted by molar-refractivity contribution is 0.00706. The molecule has 196 valence electrons. The van der Waals surface area contributed by atoms with Crippen LogP contribution < -0.4 is 15.8 Å². The van der Waals surface area contributed by atoms with Gasteiger partial charge in [0.05, 0.1) is 17.6 Å². The summed E-state index contributed by atoms with van der Waals surface area (Å²) >= 11 is 0. The highest BCUT2D eigenvalue weighted by atomic mass is 16.6. The molecule has 2 aromatic carbocycles. The number of rotatable bonds is 5. The Kier molecular flexibility index (Phi) is 6.47. The van der Waals surface area contributed by atoms with Gasteiger partial charge >= 0.3 is 5.97 Å². The molecule has 0 saturated heterocycles. The summed E-state index contributed by atoms with van der Waals surface area (Å²) in [7, 11) is 0. The normalized spacial score (nSPS) is 15.8. The number of hydrogen-bond acceptors (Lipinski definition) is 6. The molecule has 0 radical (unpaired) electrons. The fourth-order valence-electron chi connectivity index (χ4n) is 5.11. The van der Waals surface area contributed by atoms with Crippen molar-refractivity contribution in [2.24, 2.45) is 0 Å². The molecule has 1 aliphatic rings. The van der Waals surface area contributed by atoms with Crippen LogP contribution in [0.25, 0.3) is 5.65 Å². The smallest absolute Gasteiger partial charge is 0.340 e. The van der Waals surface area contributed by atoms with Gasteiger partial charge in [-0.05, 0) is 76.4 Å². The molecule has 2 aromatic heterocycles. The number of pyridine rings is 1. The molecule has 38 heavy (non-hydrogen) atoms. The topological polar surface area (TPSA) is 75.9 Å². The first kappa shape index (κ1) is 25.5. The van der Waals surface area contributed by atoms with E-state index in [1.54, 1.807) is 16.5 Å². The summed E-state index contributed by atoms with van der Waals surface area (Å²) < 4.78 is 7.24. The lowest BCUT2D eigenvalue weighted by Gasteiger charge is -2.25. The van der Waals surface area contributed by atoms with E-state index in [1.165, 1.54) is 11.1 Å². The zero-order chi connectivity index (χ0) is 27.2.